The summed E-state index contributed by atoms with van der Waals surface area (Å²) >= 11 is 0. The molecule has 2 atom stereocenters. The summed E-state index contributed by atoms with van der Waals surface area (Å²) in [5.41, 5.74) is 1.43. The summed E-state index contributed by atoms with van der Waals surface area (Å²) in [5.74, 6) is 1.36. The normalized spacial score (nSPS) is 26.5. The van der Waals surface area contributed by atoms with E-state index in [4.69, 9.17) is 5.11 Å². The van der Waals surface area contributed by atoms with Crippen molar-refractivity contribution in [3.05, 3.63) is 48.0 Å². The quantitative estimate of drug-likeness (QED) is 0.697. The smallest absolute Gasteiger partial charge is 0.0612 e. The standard InChI is InChI=1S/C12H14O/c13-8-4-7-11-9-12(11)10-5-2-1-3-6-10/h1-7,11-13H,8-9H2/b7-4+/t11-,12+/m0/s1. The van der Waals surface area contributed by atoms with E-state index >= 15 is 0 Å². The zero-order chi connectivity index (χ0) is 9.10. The molecule has 1 saturated carbocycles. The Morgan fingerprint density at radius 2 is 2.08 bits per heavy atom. The molecule has 1 nitrogen and oxygen atoms in total. The van der Waals surface area contributed by atoms with Crippen molar-refractivity contribution in [2.24, 2.45) is 5.92 Å². The minimum absolute atomic E-state index is 0.165. The van der Waals surface area contributed by atoms with Gasteiger partial charge in [-0.25, -0.2) is 0 Å². The second-order valence-corrected chi connectivity index (χ2v) is 3.53. The highest BCUT2D eigenvalue weighted by atomic mass is 16.2. The zero-order valence-electron chi connectivity index (χ0n) is 7.56. The van der Waals surface area contributed by atoms with Crippen LogP contribution in [0.25, 0.3) is 0 Å². The first-order valence-electron chi connectivity index (χ1n) is 4.74. The predicted molar refractivity (Wildman–Crippen MR) is 53.5 cm³/mol. The van der Waals surface area contributed by atoms with Gasteiger partial charge < -0.3 is 5.11 Å². The first-order chi connectivity index (χ1) is 6.42. The monoisotopic (exact) mass is 174 g/mol. The maximum atomic E-state index is 8.61. The van der Waals surface area contributed by atoms with E-state index in [0.29, 0.717) is 11.8 Å². The van der Waals surface area contributed by atoms with Crippen molar-refractivity contribution in [2.45, 2.75) is 12.3 Å². The molecule has 68 valence electrons. The summed E-state index contributed by atoms with van der Waals surface area (Å²) in [6.07, 6.45) is 5.20. The van der Waals surface area contributed by atoms with Crippen LogP contribution >= 0.6 is 0 Å². The SMILES string of the molecule is OC/C=C/[C@H]1C[C@@H]1c1ccccc1. The second kappa shape index (κ2) is 3.75. The van der Waals surface area contributed by atoms with E-state index < -0.39 is 0 Å². The molecule has 2 rings (SSSR count). The van der Waals surface area contributed by atoms with Crippen molar-refractivity contribution < 1.29 is 5.11 Å². The molecule has 1 aromatic carbocycles. The maximum absolute atomic E-state index is 8.61. The van der Waals surface area contributed by atoms with Crippen LogP contribution in [0.15, 0.2) is 42.5 Å². The molecule has 1 fully saturated rings. The number of aliphatic hydroxyl groups is 1. The molecule has 13 heavy (non-hydrogen) atoms. The lowest BCUT2D eigenvalue weighted by Crippen LogP contribution is -1.80. The summed E-state index contributed by atoms with van der Waals surface area (Å²) < 4.78 is 0. The van der Waals surface area contributed by atoms with Crippen molar-refractivity contribution in [2.75, 3.05) is 6.61 Å². The molecule has 0 radical (unpaired) electrons. The van der Waals surface area contributed by atoms with Crippen LogP contribution in [0.4, 0.5) is 0 Å². The third kappa shape index (κ3) is 1.99. The number of rotatable bonds is 3. The zero-order valence-corrected chi connectivity index (χ0v) is 7.56. The van der Waals surface area contributed by atoms with Gasteiger partial charge in [0.15, 0.2) is 0 Å². The molecule has 1 N–H and O–H groups in total. The van der Waals surface area contributed by atoms with E-state index in [9.17, 15) is 0 Å². The lowest BCUT2D eigenvalue weighted by atomic mass is 10.1. The van der Waals surface area contributed by atoms with Crippen LogP contribution in [0, 0.1) is 5.92 Å². The molecule has 1 aliphatic rings. The van der Waals surface area contributed by atoms with E-state index in [1.165, 1.54) is 12.0 Å². The van der Waals surface area contributed by atoms with Gasteiger partial charge in [-0.05, 0) is 23.8 Å². The van der Waals surface area contributed by atoms with Crippen LogP contribution in [0.3, 0.4) is 0 Å². The summed E-state index contributed by atoms with van der Waals surface area (Å²) in [6.45, 7) is 0.165. The topological polar surface area (TPSA) is 20.2 Å². The van der Waals surface area contributed by atoms with Crippen molar-refractivity contribution in [3.8, 4) is 0 Å². The van der Waals surface area contributed by atoms with Crippen molar-refractivity contribution in [1.82, 2.24) is 0 Å². The van der Waals surface area contributed by atoms with E-state index in [0.717, 1.165) is 0 Å². The minimum Gasteiger partial charge on any atom is -0.392 e. The average Bonchev–Trinajstić information content (AvgIpc) is 2.95. The molecule has 0 saturated heterocycles. The molecule has 0 bridgehead atoms. The highest BCUT2D eigenvalue weighted by molar-refractivity contribution is 5.28. The van der Waals surface area contributed by atoms with Crippen LogP contribution in [0.1, 0.15) is 17.9 Å². The Hall–Kier alpha value is -1.08. The van der Waals surface area contributed by atoms with Crippen LogP contribution in [-0.4, -0.2) is 11.7 Å². The van der Waals surface area contributed by atoms with E-state index in [-0.39, 0.29) is 6.61 Å². The van der Waals surface area contributed by atoms with Gasteiger partial charge in [-0.3, -0.25) is 0 Å². The van der Waals surface area contributed by atoms with Gasteiger partial charge in [-0.15, -0.1) is 0 Å². The van der Waals surface area contributed by atoms with Gasteiger partial charge in [0.25, 0.3) is 0 Å². The van der Waals surface area contributed by atoms with Gasteiger partial charge in [-0.1, -0.05) is 42.5 Å². The molecule has 1 heteroatoms. The average molecular weight is 174 g/mol. The second-order valence-electron chi connectivity index (χ2n) is 3.53. The van der Waals surface area contributed by atoms with Crippen LogP contribution in [-0.2, 0) is 0 Å². The first kappa shape index (κ1) is 8.52. The van der Waals surface area contributed by atoms with Gasteiger partial charge in [0.1, 0.15) is 0 Å². The number of allylic oxidation sites excluding steroid dienone is 1. The summed E-state index contributed by atoms with van der Waals surface area (Å²) in [7, 11) is 0. The highest BCUT2D eigenvalue weighted by Crippen LogP contribution is 2.48. The van der Waals surface area contributed by atoms with E-state index in [1.54, 1.807) is 0 Å². The van der Waals surface area contributed by atoms with E-state index in [2.05, 4.69) is 30.3 Å². The Bertz CT molecular complexity index is 289. The number of benzene rings is 1. The lowest BCUT2D eigenvalue weighted by Gasteiger charge is -1.95. The lowest BCUT2D eigenvalue weighted by molar-refractivity contribution is 0.342. The van der Waals surface area contributed by atoms with Gasteiger partial charge in [0, 0.05) is 0 Å². The molecular weight excluding hydrogens is 160 g/mol. The molecule has 0 heterocycles. The molecule has 1 aliphatic carbocycles. The van der Waals surface area contributed by atoms with Crippen LogP contribution in [0.5, 0.6) is 0 Å². The minimum atomic E-state index is 0.165. The number of aliphatic hydroxyl groups excluding tert-OH is 1. The number of hydrogen-bond acceptors (Lipinski definition) is 1. The van der Waals surface area contributed by atoms with Gasteiger partial charge in [0.05, 0.1) is 6.61 Å². The van der Waals surface area contributed by atoms with Gasteiger partial charge in [0.2, 0.25) is 0 Å². The largest absolute Gasteiger partial charge is 0.392 e. The Labute approximate surface area is 78.7 Å². The maximum Gasteiger partial charge on any atom is 0.0612 e. The van der Waals surface area contributed by atoms with Crippen molar-refractivity contribution >= 4 is 0 Å². The molecular formula is C12H14O. The Morgan fingerprint density at radius 3 is 2.77 bits per heavy atom. The Morgan fingerprint density at radius 1 is 1.31 bits per heavy atom. The third-order valence-electron chi connectivity index (χ3n) is 2.56. The third-order valence-corrected chi connectivity index (χ3v) is 2.56. The predicted octanol–water partition coefficient (Wildman–Crippen LogP) is 2.34. The van der Waals surface area contributed by atoms with Crippen molar-refractivity contribution in [1.29, 1.82) is 0 Å². The molecule has 0 unspecified atom stereocenters. The summed E-state index contributed by atoms with van der Waals surface area (Å²) in [5, 5.41) is 8.61. The van der Waals surface area contributed by atoms with Crippen LogP contribution < -0.4 is 0 Å². The molecule has 0 amide bonds. The van der Waals surface area contributed by atoms with E-state index in [1.807, 2.05) is 12.1 Å². The Balaban J connectivity index is 1.97. The van der Waals surface area contributed by atoms with Crippen molar-refractivity contribution in [3.63, 3.8) is 0 Å². The molecule has 0 aromatic heterocycles. The first-order valence-corrected chi connectivity index (χ1v) is 4.74. The summed E-state index contributed by atoms with van der Waals surface area (Å²) in [4.78, 5) is 0. The summed E-state index contributed by atoms with van der Waals surface area (Å²) in [6, 6.07) is 10.6. The van der Waals surface area contributed by atoms with Crippen LogP contribution in [0.2, 0.25) is 0 Å². The van der Waals surface area contributed by atoms with Gasteiger partial charge in [-0.2, -0.15) is 0 Å². The van der Waals surface area contributed by atoms with Gasteiger partial charge >= 0.3 is 0 Å². The highest BCUT2D eigenvalue weighted by Gasteiger charge is 2.35. The Kier molecular flexibility index (Phi) is 2.46. The fourth-order valence-electron chi connectivity index (χ4n) is 1.75. The molecule has 0 spiro atoms. The molecule has 1 aromatic rings. The molecule has 0 aliphatic heterocycles. The fourth-order valence-corrected chi connectivity index (χ4v) is 1.75. The number of hydrogen-bond donors (Lipinski definition) is 1. The fraction of sp³-hybridized carbons (Fsp3) is 0.333.